The van der Waals surface area contributed by atoms with Crippen LogP contribution in [0.3, 0.4) is 0 Å². The zero-order valence-electron chi connectivity index (χ0n) is 15.2. The third kappa shape index (κ3) is 5.75. The van der Waals surface area contributed by atoms with Crippen LogP contribution in [0, 0.1) is 10.1 Å². The first-order valence-corrected chi connectivity index (χ1v) is 9.87. The summed E-state index contributed by atoms with van der Waals surface area (Å²) in [4.78, 5) is 28.5. The Morgan fingerprint density at radius 3 is 2.76 bits per heavy atom. The first-order chi connectivity index (χ1) is 13.9. The molecule has 1 saturated heterocycles. The summed E-state index contributed by atoms with van der Waals surface area (Å²) in [5.74, 6) is 0.445. The van der Waals surface area contributed by atoms with E-state index in [2.05, 4.69) is 20.9 Å². The van der Waals surface area contributed by atoms with E-state index in [-0.39, 0.29) is 23.2 Å². The fourth-order valence-corrected chi connectivity index (χ4v) is 3.33. The number of hydrogen-bond acceptors (Lipinski definition) is 6. The molecule has 1 aliphatic rings. The molecule has 0 aliphatic carbocycles. The van der Waals surface area contributed by atoms with E-state index in [9.17, 15) is 14.9 Å². The van der Waals surface area contributed by atoms with Gasteiger partial charge >= 0.3 is 0 Å². The highest BCUT2D eigenvalue weighted by Gasteiger charge is 2.17. The number of ether oxygens (including phenoxy) is 2. The number of benzene rings is 2. The molecule has 2 aromatic carbocycles. The number of aliphatic imine (C=N–C) groups is 1. The second-order valence-corrected chi connectivity index (χ2v) is 7.38. The summed E-state index contributed by atoms with van der Waals surface area (Å²) in [5.41, 5.74) is 0.964. The maximum Gasteiger partial charge on any atom is 0.290 e. The van der Waals surface area contributed by atoms with Crippen molar-refractivity contribution in [3.05, 3.63) is 61.6 Å². The molecule has 0 bridgehead atoms. The molecule has 0 spiro atoms. The number of amides is 1. The summed E-state index contributed by atoms with van der Waals surface area (Å²) in [7, 11) is 0. The van der Waals surface area contributed by atoms with Crippen LogP contribution in [0.5, 0.6) is 5.75 Å². The number of morpholine rings is 1. The van der Waals surface area contributed by atoms with Crippen molar-refractivity contribution in [3.63, 3.8) is 0 Å². The fourth-order valence-electron chi connectivity index (χ4n) is 2.63. The first-order valence-electron chi connectivity index (χ1n) is 8.70. The van der Waals surface area contributed by atoms with Crippen molar-refractivity contribution in [2.75, 3.05) is 32.9 Å². The molecule has 10 heteroatoms. The summed E-state index contributed by atoms with van der Waals surface area (Å²) in [6.07, 6.45) is 1.57. The topological polar surface area (TPSA) is 94.3 Å². The lowest BCUT2D eigenvalue weighted by Crippen LogP contribution is -2.43. The molecule has 29 heavy (non-hydrogen) atoms. The van der Waals surface area contributed by atoms with E-state index in [4.69, 9.17) is 21.1 Å². The molecular weight excluding hydrogens is 466 g/mol. The molecule has 0 saturated carbocycles. The van der Waals surface area contributed by atoms with Crippen LogP contribution in [0.15, 0.2) is 45.9 Å². The lowest BCUT2D eigenvalue weighted by Gasteiger charge is -2.26. The van der Waals surface area contributed by atoms with Gasteiger partial charge in [-0.3, -0.25) is 19.9 Å². The lowest BCUT2D eigenvalue weighted by atomic mass is 10.2. The maximum atomic E-state index is 12.2. The Balaban J connectivity index is 1.63. The van der Waals surface area contributed by atoms with Crippen LogP contribution in [0.4, 0.5) is 11.4 Å². The number of halogens is 2. The van der Waals surface area contributed by atoms with Gasteiger partial charge in [-0.2, -0.15) is 0 Å². The van der Waals surface area contributed by atoms with Crippen molar-refractivity contribution >= 4 is 51.0 Å². The molecule has 2 aromatic rings. The number of rotatable bonds is 6. The number of nitro groups is 1. The van der Waals surface area contributed by atoms with Gasteiger partial charge in [-0.05, 0) is 51.8 Å². The molecule has 3 rings (SSSR count). The normalized spacial score (nSPS) is 14.2. The zero-order valence-corrected chi connectivity index (χ0v) is 17.6. The van der Waals surface area contributed by atoms with Crippen molar-refractivity contribution in [1.82, 2.24) is 4.90 Å². The van der Waals surface area contributed by atoms with Gasteiger partial charge in [0.2, 0.25) is 0 Å². The van der Waals surface area contributed by atoms with E-state index in [1.165, 1.54) is 12.1 Å². The summed E-state index contributed by atoms with van der Waals surface area (Å²) >= 11 is 9.22. The van der Waals surface area contributed by atoms with Crippen molar-refractivity contribution in [3.8, 4) is 5.75 Å². The molecule has 0 atom stereocenters. The highest BCUT2D eigenvalue weighted by atomic mass is 79.9. The van der Waals surface area contributed by atoms with Crippen LogP contribution in [0.25, 0.3) is 0 Å². The molecule has 0 radical (unpaired) electrons. The van der Waals surface area contributed by atoms with Gasteiger partial charge < -0.3 is 14.4 Å². The quantitative estimate of drug-likeness (QED) is 0.352. The molecule has 1 amide bonds. The van der Waals surface area contributed by atoms with Crippen LogP contribution >= 0.6 is 27.5 Å². The highest BCUT2D eigenvalue weighted by molar-refractivity contribution is 9.10. The maximum absolute atomic E-state index is 12.2. The average molecular weight is 483 g/mol. The Morgan fingerprint density at radius 2 is 2.07 bits per heavy atom. The zero-order chi connectivity index (χ0) is 20.8. The minimum absolute atomic E-state index is 0.0551. The van der Waals surface area contributed by atoms with Crippen molar-refractivity contribution in [2.45, 2.75) is 0 Å². The van der Waals surface area contributed by atoms with Crippen LogP contribution in [0.1, 0.15) is 5.56 Å². The van der Waals surface area contributed by atoms with Gasteiger partial charge in [-0.15, -0.1) is 0 Å². The number of carbonyl (C=O) groups is 1. The van der Waals surface area contributed by atoms with Crippen LogP contribution in [0.2, 0.25) is 5.02 Å². The molecule has 0 N–H and O–H groups in total. The van der Waals surface area contributed by atoms with Gasteiger partial charge in [0.15, 0.2) is 6.61 Å². The SMILES string of the molecule is O=C(COc1ccc(C=Nc2ccc(Cl)c([N+](=O)[O-])c2)cc1Br)N1CCOCC1. The van der Waals surface area contributed by atoms with E-state index in [0.717, 1.165) is 5.56 Å². The highest BCUT2D eigenvalue weighted by Crippen LogP contribution is 2.29. The Hall–Kier alpha value is -2.49. The predicted octanol–water partition coefficient (Wildman–Crippen LogP) is 4.00. The molecule has 8 nitrogen and oxygen atoms in total. The number of carbonyl (C=O) groups excluding carboxylic acids is 1. The number of hydrogen-bond donors (Lipinski definition) is 0. The summed E-state index contributed by atoms with van der Waals surface area (Å²) in [6.45, 7) is 2.17. The van der Waals surface area contributed by atoms with Gasteiger partial charge in [0.25, 0.3) is 11.6 Å². The van der Waals surface area contributed by atoms with Crippen LogP contribution in [-0.4, -0.2) is 54.9 Å². The van der Waals surface area contributed by atoms with E-state index < -0.39 is 4.92 Å². The van der Waals surface area contributed by atoms with Crippen molar-refractivity contribution in [2.24, 2.45) is 4.99 Å². The number of nitrogens with zero attached hydrogens (tertiary/aromatic N) is 3. The van der Waals surface area contributed by atoms with Gasteiger partial charge in [-0.25, -0.2) is 0 Å². The van der Waals surface area contributed by atoms with Gasteiger partial charge in [0.1, 0.15) is 10.8 Å². The number of nitro benzene ring substituents is 1. The summed E-state index contributed by atoms with van der Waals surface area (Å²) in [5, 5.41) is 11.0. The average Bonchev–Trinajstić information content (AvgIpc) is 2.72. The molecular formula is C19H17BrClN3O5. The van der Waals surface area contributed by atoms with E-state index in [1.54, 1.807) is 35.4 Å². The van der Waals surface area contributed by atoms with Gasteiger partial charge in [-0.1, -0.05) is 11.6 Å². The molecule has 0 aromatic heterocycles. The third-order valence-corrected chi connectivity index (χ3v) is 5.10. The Bertz CT molecular complexity index is 947. The van der Waals surface area contributed by atoms with Gasteiger partial charge in [0.05, 0.1) is 28.3 Å². The smallest absolute Gasteiger partial charge is 0.290 e. The fraction of sp³-hybridized carbons (Fsp3) is 0.263. The van der Waals surface area contributed by atoms with Crippen molar-refractivity contribution < 1.29 is 19.2 Å². The first kappa shape index (κ1) is 21.2. The largest absolute Gasteiger partial charge is 0.483 e. The van der Waals surface area contributed by atoms with Crippen molar-refractivity contribution in [1.29, 1.82) is 0 Å². The van der Waals surface area contributed by atoms with Gasteiger partial charge in [0, 0.05) is 25.4 Å². The predicted molar refractivity (Wildman–Crippen MR) is 112 cm³/mol. The molecule has 1 aliphatic heterocycles. The molecule has 152 valence electrons. The lowest BCUT2D eigenvalue weighted by molar-refractivity contribution is -0.384. The molecule has 0 unspecified atom stereocenters. The monoisotopic (exact) mass is 481 g/mol. The Kier molecular flexibility index (Phi) is 7.18. The minimum Gasteiger partial charge on any atom is -0.483 e. The Labute approximate surface area is 180 Å². The van der Waals surface area contributed by atoms with E-state index in [1.807, 2.05) is 0 Å². The second-order valence-electron chi connectivity index (χ2n) is 6.12. The van der Waals surface area contributed by atoms with E-state index in [0.29, 0.717) is 42.2 Å². The summed E-state index contributed by atoms with van der Waals surface area (Å²) in [6, 6.07) is 9.61. The molecule has 1 heterocycles. The summed E-state index contributed by atoms with van der Waals surface area (Å²) < 4.78 is 11.5. The molecule has 1 fully saturated rings. The van der Waals surface area contributed by atoms with E-state index >= 15 is 0 Å². The minimum atomic E-state index is -0.553. The second kappa shape index (κ2) is 9.82. The third-order valence-electron chi connectivity index (χ3n) is 4.16. The van der Waals surface area contributed by atoms with Crippen LogP contribution < -0.4 is 4.74 Å². The van der Waals surface area contributed by atoms with Crippen LogP contribution in [-0.2, 0) is 9.53 Å². The standard InChI is InChI=1S/C19H17BrClN3O5/c20-15-9-13(11-22-14-2-3-16(21)17(10-14)24(26)27)1-4-18(15)29-12-19(25)23-5-7-28-8-6-23/h1-4,9-11H,5-8,12H2. The Morgan fingerprint density at radius 1 is 1.31 bits per heavy atom.